The van der Waals surface area contributed by atoms with Gasteiger partial charge in [-0.05, 0) is 30.4 Å². The van der Waals surface area contributed by atoms with E-state index >= 15 is 0 Å². The number of anilines is 1. The second-order valence-corrected chi connectivity index (χ2v) is 6.19. The van der Waals surface area contributed by atoms with Crippen LogP contribution < -0.4 is 19.7 Å². The highest BCUT2D eigenvalue weighted by molar-refractivity contribution is 6.38. The molecule has 0 unspecified atom stereocenters. The van der Waals surface area contributed by atoms with Crippen LogP contribution in [0.15, 0.2) is 60.2 Å². The highest BCUT2D eigenvalue weighted by Crippen LogP contribution is 2.34. The van der Waals surface area contributed by atoms with Crippen LogP contribution in [0.4, 0.5) is 16.2 Å². The lowest BCUT2D eigenvalue weighted by molar-refractivity contribution is -0.385. The summed E-state index contributed by atoms with van der Waals surface area (Å²) in [5.74, 6) is -1.18. The molecule has 10 heteroatoms. The van der Waals surface area contributed by atoms with Crippen LogP contribution in [0, 0.1) is 10.1 Å². The van der Waals surface area contributed by atoms with Crippen molar-refractivity contribution in [1.82, 2.24) is 5.32 Å². The largest absolute Gasteiger partial charge is 0.497 e. The molecule has 1 N–H and O–H groups in total. The zero-order valence-electron chi connectivity index (χ0n) is 16.5. The quantitative estimate of drug-likeness (QED) is 0.327. The van der Waals surface area contributed by atoms with Gasteiger partial charge in [-0.15, -0.1) is 0 Å². The Labute approximate surface area is 176 Å². The predicted molar refractivity (Wildman–Crippen MR) is 111 cm³/mol. The molecule has 1 fully saturated rings. The minimum atomic E-state index is -0.943. The number of nitrogens with one attached hydrogen (secondary N) is 1. The zero-order chi connectivity index (χ0) is 22.5. The molecule has 0 spiro atoms. The third-order valence-corrected chi connectivity index (χ3v) is 4.40. The van der Waals surface area contributed by atoms with E-state index in [0.29, 0.717) is 5.75 Å². The van der Waals surface area contributed by atoms with Crippen molar-refractivity contribution >= 4 is 35.3 Å². The lowest BCUT2D eigenvalue weighted by Crippen LogP contribution is -2.54. The molecular weight excluding hydrogens is 406 g/mol. The average Bonchev–Trinajstić information content (AvgIpc) is 2.75. The van der Waals surface area contributed by atoms with Gasteiger partial charge in [0, 0.05) is 12.1 Å². The number of urea groups is 1. The van der Waals surface area contributed by atoms with Gasteiger partial charge in [0.25, 0.3) is 17.5 Å². The summed E-state index contributed by atoms with van der Waals surface area (Å²) in [6.07, 6.45) is 3.89. The molecule has 1 heterocycles. The second kappa shape index (κ2) is 8.91. The number of carbonyl (C=O) groups excluding carboxylic acids is 3. The first-order valence-corrected chi connectivity index (χ1v) is 8.91. The number of rotatable bonds is 6. The van der Waals surface area contributed by atoms with E-state index in [4.69, 9.17) is 9.47 Å². The van der Waals surface area contributed by atoms with Crippen LogP contribution in [0.2, 0.25) is 0 Å². The van der Waals surface area contributed by atoms with Gasteiger partial charge in [-0.3, -0.25) is 25.0 Å². The van der Waals surface area contributed by atoms with Crippen LogP contribution in [0.1, 0.15) is 5.56 Å². The summed E-state index contributed by atoms with van der Waals surface area (Å²) in [4.78, 5) is 48.9. The van der Waals surface area contributed by atoms with Gasteiger partial charge in [0.15, 0.2) is 0 Å². The third kappa shape index (κ3) is 4.27. The molecule has 31 heavy (non-hydrogen) atoms. The molecule has 1 aliphatic heterocycles. The van der Waals surface area contributed by atoms with Gasteiger partial charge in [-0.1, -0.05) is 18.2 Å². The summed E-state index contributed by atoms with van der Waals surface area (Å²) in [6.45, 7) is 0. The van der Waals surface area contributed by atoms with Crippen molar-refractivity contribution in [2.75, 3.05) is 19.1 Å². The highest BCUT2D eigenvalue weighted by Gasteiger charge is 2.38. The highest BCUT2D eigenvalue weighted by atomic mass is 16.6. The van der Waals surface area contributed by atoms with Gasteiger partial charge >= 0.3 is 6.03 Å². The third-order valence-electron chi connectivity index (χ3n) is 4.40. The first-order valence-electron chi connectivity index (χ1n) is 8.91. The monoisotopic (exact) mass is 423 g/mol. The van der Waals surface area contributed by atoms with E-state index in [9.17, 15) is 24.5 Å². The Morgan fingerprint density at radius 1 is 1.06 bits per heavy atom. The molecular formula is C21H17N3O7. The number of allylic oxidation sites excluding steroid dienone is 2. The molecule has 1 saturated heterocycles. The van der Waals surface area contributed by atoms with Crippen LogP contribution in [-0.4, -0.2) is 37.0 Å². The van der Waals surface area contributed by atoms with Gasteiger partial charge in [0.2, 0.25) is 0 Å². The molecule has 0 bridgehead atoms. The van der Waals surface area contributed by atoms with Gasteiger partial charge in [-0.2, -0.15) is 0 Å². The molecule has 0 aromatic heterocycles. The number of barbiturate groups is 1. The van der Waals surface area contributed by atoms with Gasteiger partial charge < -0.3 is 9.47 Å². The molecule has 1 aliphatic rings. The molecule has 3 rings (SSSR count). The Morgan fingerprint density at radius 2 is 1.81 bits per heavy atom. The van der Waals surface area contributed by atoms with E-state index in [0.717, 1.165) is 4.90 Å². The SMILES string of the molecule is COc1ccc(OC)c(N2C(=O)NC(=O)C(=CC=Cc3ccccc3[N+](=O)[O-])C2=O)c1. The van der Waals surface area contributed by atoms with Crippen molar-refractivity contribution in [3.63, 3.8) is 0 Å². The van der Waals surface area contributed by atoms with Crippen LogP contribution in [0.25, 0.3) is 6.08 Å². The molecule has 0 radical (unpaired) electrons. The van der Waals surface area contributed by atoms with Crippen molar-refractivity contribution in [2.45, 2.75) is 0 Å². The normalized spacial score (nSPS) is 15.4. The Hall–Kier alpha value is -4.47. The molecule has 0 saturated carbocycles. The number of para-hydroxylation sites is 1. The van der Waals surface area contributed by atoms with Crippen molar-refractivity contribution in [3.8, 4) is 11.5 Å². The Balaban J connectivity index is 1.98. The number of benzene rings is 2. The topological polar surface area (TPSA) is 128 Å². The fourth-order valence-corrected chi connectivity index (χ4v) is 2.91. The first kappa shape index (κ1) is 21.2. The number of imide groups is 2. The summed E-state index contributed by atoms with van der Waals surface area (Å²) >= 11 is 0. The first-order chi connectivity index (χ1) is 14.9. The van der Waals surface area contributed by atoms with Gasteiger partial charge in [0.1, 0.15) is 17.1 Å². The number of carbonyl (C=O) groups is 3. The molecule has 4 amide bonds. The van der Waals surface area contributed by atoms with E-state index in [2.05, 4.69) is 5.32 Å². The van der Waals surface area contributed by atoms with Crippen LogP contribution in [0.3, 0.4) is 0 Å². The van der Waals surface area contributed by atoms with Gasteiger partial charge in [0.05, 0.1) is 30.4 Å². The Bertz CT molecular complexity index is 1140. The summed E-state index contributed by atoms with van der Waals surface area (Å²) < 4.78 is 10.4. The fraction of sp³-hybridized carbons (Fsp3) is 0.0952. The maximum absolute atomic E-state index is 13.0. The van der Waals surface area contributed by atoms with Crippen LogP contribution >= 0.6 is 0 Å². The van der Waals surface area contributed by atoms with Crippen molar-refractivity contribution in [3.05, 3.63) is 75.9 Å². The number of hydrogen-bond donors (Lipinski definition) is 1. The number of nitro benzene ring substituents is 1. The van der Waals surface area contributed by atoms with E-state index in [1.807, 2.05) is 0 Å². The predicted octanol–water partition coefficient (Wildman–Crippen LogP) is 2.83. The number of ether oxygens (including phenoxy) is 2. The van der Waals surface area contributed by atoms with Crippen LogP contribution in [0.5, 0.6) is 11.5 Å². The minimum absolute atomic E-state index is 0.0884. The van der Waals surface area contributed by atoms with E-state index < -0.39 is 22.8 Å². The molecule has 2 aromatic carbocycles. The van der Waals surface area contributed by atoms with Crippen molar-refractivity contribution < 1.29 is 28.8 Å². The summed E-state index contributed by atoms with van der Waals surface area (Å²) in [5.41, 5.74) is -0.0883. The lowest BCUT2D eigenvalue weighted by atomic mass is 10.1. The number of methoxy groups -OCH3 is 2. The zero-order valence-corrected chi connectivity index (χ0v) is 16.5. The van der Waals surface area contributed by atoms with E-state index in [1.54, 1.807) is 12.1 Å². The smallest absolute Gasteiger partial charge is 0.336 e. The van der Waals surface area contributed by atoms with Crippen LogP contribution in [-0.2, 0) is 9.59 Å². The Kier molecular flexibility index (Phi) is 6.10. The number of hydrogen-bond acceptors (Lipinski definition) is 7. The average molecular weight is 423 g/mol. The molecule has 0 atom stereocenters. The second-order valence-electron chi connectivity index (χ2n) is 6.19. The minimum Gasteiger partial charge on any atom is -0.497 e. The van der Waals surface area contributed by atoms with E-state index in [-0.39, 0.29) is 28.3 Å². The number of nitrogens with zero attached hydrogens (tertiary/aromatic N) is 2. The fourth-order valence-electron chi connectivity index (χ4n) is 2.91. The van der Waals surface area contributed by atoms with E-state index in [1.165, 1.54) is 62.8 Å². The molecule has 2 aromatic rings. The van der Waals surface area contributed by atoms with Crippen molar-refractivity contribution in [1.29, 1.82) is 0 Å². The number of amides is 4. The standard InChI is InChI=1S/C21H17N3O7/c1-30-14-10-11-18(31-2)17(12-14)23-20(26)15(19(25)22-21(23)27)8-5-7-13-6-3-4-9-16(13)24(28)29/h3-12H,1-2H3,(H,22,25,27). The molecule has 0 aliphatic carbocycles. The maximum atomic E-state index is 13.0. The maximum Gasteiger partial charge on any atom is 0.336 e. The summed E-state index contributed by atoms with van der Waals surface area (Å²) in [5, 5.41) is 13.2. The number of nitro groups is 1. The lowest BCUT2D eigenvalue weighted by Gasteiger charge is -2.27. The van der Waals surface area contributed by atoms with Crippen molar-refractivity contribution in [2.24, 2.45) is 0 Å². The summed E-state index contributed by atoms with van der Waals surface area (Å²) in [6, 6.07) is 9.58. The van der Waals surface area contributed by atoms with Gasteiger partial charge in [-0.25, -0.2) is 9.69 Å². The molecule has 158 valence electrons. The Morgan fingerprint density at radius 3 is 2.48 bits per heavy atom. The molecule has 10 nitrogen and oxygen atoms in total. The summed E-state index contributed by atoms with van der Waals surface area (Å²) in [7, 11) is 2.79.